The van der Waals surface area contributed by atoms with Gasteiger partial charge in [-0.1, -0.05) is 6.07 Å². The molecule has 0 aliphatic heterocycles. The van der Waals surface area contributed by atoms with Gasteiger partial charge in [-0.15, -0.1) is 0 Å². The summed E-state index contributed by atoms with van der Waals surface area (Å²) >= 11 is -5.25. The minimum atomic E-state index is -5.25. The maximum atomic E-state index is 8.82. The van der Waals surface area contributed by atoms with Gasteiger partial charge in [0, 0.05) is 12.4 Å². The Bertz CT molecular complexity index is 235. The maximum absolute atomic E-state index is 8.82. The molecule has 6 heteroatoms. The SMILES string of the molecule is [O]=[Cr](=[O])([OH])[OH].c1ccncc1. The Morgan fingerprint density at radius 2 is 1.36 bits per heavy atom. The summed E-state index contributed by atoms with van der Waals surface area (Å²) in [6.07, 6.45) is 3.50. The van der Waals surface area contributed by atoms with Crippen LogP contribution < -0.4 is 0 Å². The van der Waals surface area contributed by atoms with Gasteiger partial charge in [-0.2, -0.15) is 0 Å². The molecule has 0 unspecified atom stereocenters. The summed E-state index contributed by atoms with van der Waals surface area (Å²) in [6.45, 7) is 0. The van der Waals surface area contributed by atoms with Crippen LogP contribution in [0.15, 0.2) is 30.6 Å². The van der Waals surface area contributed by atoms with Gasteiger partial charge in [0.05, 0.1) is 0 Å². The number of aromatic nitrogens is 1. The molecular formula is C5H7CrNO4. The van der Waals surface area contributed by atoms with Crippen molar-refractivity contribution in [1.29, 1.82) is 0 Å². The summed E-state index contributed by atoms with van der Waals surface area (Å²) in [5.74, 6) is 0. The number of nitrogens with zero attached hydrogens (tertiary/aromatic N) is 1. The van der Waals surface area contributed by atoms with Gasteiger partial charge in [0.1, 0.15) is 0 Å². The van der Waals surface area contributed by atoms with Crippen LogP contribution in [0.3, 0.4) is 0 Å². The molecule has 5 nitrogen and oxygen atoms in total. The van der Waals surface area contributed by atoms with E-state index < -0.39 is 13.6 Å². The molecule has 0 amide bonds. The van der Waals surface area contributed by atoms with Gasteiger partial charge in [0.15, 0.2) is 0 Å². The predicted molar refractivity (Wildman–Crippen MR) is 30.0 cm³/mol. The van der Waals surface area contributed by atoms with Crippen LogP contribution in [0.2, 0.25) is 0 Å². The van der Waals surface area contributed by atoms with E-state index in [9.17, 15) is 0 Å². The van der Waals surface area contributed by atoms with Gasteiger partial charge in [0.2, 0.25) is 0 Å². The average molecular weight is 197 g/mol. The monoisotopic (exact) mass is 197 g/mol. The Morgan fingerprint density at radius 3 is 1.45 bits per heavy atom. The van der Waals surface area contributed by atoms with E-state index >= 15 is 0 Å². The Balaban J connectivity index is 0.000000187. The van der Waals surface area contributed by atoms with Crippen molar-refractivity contribution in [1.82, 2.24) is 4.98 Å². The van der Waals surface area contributed by atoms with Crippen molar-refractivity contribution in [3.63, 3.8) is 0 Å². The third-order valence-electron chi connectivity index (χ3n) is 0.566. The normalized spacial score (nSPS) is 9.64. The summed E-state index contributed by atoms with van der Waals surface area (Å²) in [5, 5.41) is 0. The van der Waals surface area contributed by atoms with E-state index in [0.717, 1.165) is 0 Å². The second-order valence-corrected chi connectivity index (χ2v) is 2.87. The molecule has 1 heterocycles. The van der Waals surface area contributed by atoms with E-state index in [1.807, 2.05) is 18.2 Å². The summed E-state index contributed by atoms with van der Waals surface area (Å²) in [6, 6.07) is 5.72. The molecule has 0 aromatic carbocycles. The molecule has 0 aliphatic rings. The zero-order chi connectivity index (χ0) is 8.74. The molecule has 0 bridgehead atoms. The summed E-state index contributed by atoms with van der Waals surface area (Å²) in [7, 11) is 0. The quantitative estimate of drug-likeness (QED) is 0.597. The van der Waals surface area contributed by atoms with Gasteiger partial charge in [-0.25, -0.2) is 0 Å². The molecule has 2 N–H and O–H groups in total. The number of rotatable bonds is 0. The van der Waals surface area contributed by atoms with E-state index in [-0.39, 0.29) is 0 Å². The first-order chi connectivity index (χ1) is 5.00. The topological polar surface area (TPSA) is 87.5 Å². The van der Waals surface area contributed by atoms with Gasteiger partial charge in [-0.3, -0.25) is 4.98 Å². The molecule has 0 aliphatic carbocycles. The molecule has 0 fully saturated rings. The zero-order valence-corrected chi connectivity index (χ0v) is 6.73. The Kier molecular flexibility index (Phi) is 4.58. The summed E-state index contributed by atoms with van der Waals surface area (Å²) < 4.78 is 31.9. The standard InChI is InChI=1S/C5H5N.Cr.2H2O.2O/c1-2-4-6-5-3-1;;;;;/h1-5H;;2*1H2;;/q;+2;;;;/p-2. The van der Waals surface area contributed by atoms with Crippen LogP contribution in [0, 0.1) is 0 Å². The van der Waals surface area contributed by atoms with E-state index in [4.69, 9.17) is 15.9 Å². The van der Waals surface area contributed by atoms with Crippen molar-refractivity contribution in [2.24, 2.45) is 0 Å². The van der Waals surface area contributed by atoms with Crippen LogP contribution in [0.1, 0.15) is 0 Å². The number of hydrogen-bond acceptors (Lipinski definition) is 3. The molecule has 1 aromatic rings. The van der Waals surface area contributed by atoms with Crippen LogP contribution >= 0.6 is 0 Å². The molecule has 1 aromatic heterocycles. The third-order valence-corrected chi connectivity index (χ3v) is 0.566. The molecule has 62 valence electrons. The summed E-state index contributed by atoms with van der Waals surface area (Å²) in [4.78, 5) is 3.78. The molecular weight excluding hydrogens is 190 g/mol. The van der Waals surface area contributed by atoms with Gasteiger partial charge >= 0.3 is 29.5 Å². The molecule has 0 radical (unpaired) electrons. The van der Waals surface area contributed by atoms with Crippen LogP contribution in [-0.2, 0) is 21.2 Å². The smallest absolute Gasteiger partial charge is 0.0267 e. The first kappa shape index (κ1) is 10.2. The minimum absolute atomic E-state index is 1.75. The van der Waals surface area contributed by atoms with Crippen molar-refractivity contribution in [3.8, 4) is 0 Å². The molecule has 1 rings (SSSR count). The second-order valence-electron chi connectivity index (χ2n) is 1.47. The van der Waals surface area contributed by atoms with Crippen molar-refractivity contribution < 1.29 is 29.5 Å². The fourth-order valence-corrected chi connectivity index (χ4v) is 0.313. The first-order valence-corrected chi connectivity index (χ1v) is 4.73. The average Bonchev–Trinajstić information content (AvgIpc) is 1.88. The molecule has 0 saturated carbocycles. The Hall–Kier alpha value is -0.798. The van der Waals surface area contributed by atoms with Crippen molar-refractivity contribution >= 4 is 0 Å². The van der Waals surface area contributed by atoms with Gasteiger partial charge in [0.25, 0.3) is 0 Å². The largest absolute Gasteiger partial charge is 0.265 e. The van der Waals surface area contributed by atoms with E-state index in [0.29, 0.717) is 0 Å². The second kappa shape index (κ2) is 4.93. The maximum Gasteiger partial charge on any atom is 0.0267 e. The predicted octanol–water partition coefficient (Wildman–Crippen LogP) is -0.272. The van der Waals surface area contributed by atoms with Crippen LogP contribution in [0.5, 0.6) is 0 Å². The van der Waals surface area contributed by atoms with E-state index in [1.165, 1.54) is 0 Å². The van der Waals surface area contributed by atoms with Crippen molar-refractivity contribution in [2.45, 2.75) is 0 Å². The van der Waals surface area contributed by atoms with Gasteiger partial charge in [-0.05, 0) is 12.1 Å². The Labute approximate surface area is 65.7 Å². The summed E-state index contributed by atoms with van der Waals surface area (Å²) in [5.41, 5.74) is 0. The minimum Gasteiger partial charge on any atom is -0.265 e. The van der Waals surface area contributed by atoms with Crippen LogP contribution in [0.4, 0.5) is 0 Å². The fourth-order valence-electron chi connectivity index (χ4n) is 0.313. The first-order valence-electron chi connectivity index (χ1n) is 2.55. The van der Waals surface area contributed by atoms with Crippen molar-refractivity contribution in [3.05, 3.63) is 30.6 Å². The van der Waals surface area contributed by atoms with E-state index in [2.05, 4.69) is 4.98 Å². The molecule has 0 atom stereocenters. The van der Waals surface area contributed by atoms with Crippen molar-refractivity contribution in [2.75, 3.05) is 0 Å². The molecule has 0 saturated heterocycles. The zero-order valence-electron chi connectivity index (χ0n) is 5.45. The molecule has 0 spiro atoms. The van der Waals surface area contributed by atoms with Crippen LogP contribution in [0.25, 0.3) is 0 Å². The number of hydrogen-bond donors (Lipinski definition) is 2. The Morgan fingerprint density at radius 1 is 1.00 bits per heavy atom. The molecule has 11 heavy (non-hydrogen) atoms. The fraction of sp³-hybridized carbons (Fsp3) is 0. The van der Waals surface area contributed by atoms with Crippen LogP contribution in [-0.4, -0.2) is 13.3 Å². The third kappa shape index (κ3) is 17.6. The van der Waals surface area contributed by atoms with Gasteiger partial charge < -0.3 is 0 Å². The van der Waals surface area contributed by atoms with E-state index in [1.54, 1.807) is 12.4 Å². The number of pyridine rings is 1.